The number of benzene rings is 2. The molecule has 164 valence electrons. The van der Waals surface area contributed by atoms with Gasteiger partial charge in [-0.2, -0.15) is 0 Å². The van der Waals surface area contributed by atoms with Crippen molar-refractivity contribution in [3.05, 3.63) is 53.6 Å². The molecule has 0 aliphatic carbocycles. The predicted octanol–water partition coefficient (Wildman–Crippen LogP) is 5.72. The van der Waals surface area contributed by atoms with Gasteiger partial charge in [0.1, 0.15) is 5.82 Å². The lowest BCUT2D eigenvalue weighted by molar-refractivity contribution is -0.121. The molecule has 0 unspecified atom stereocenters. The second-order valence-electron chi connectivity index (χ2n) is 8.33. The molecule has 0 saturated heterocycles. The standard InChI is InChI=1S/C25H31ClN4O/c1-5-18(4)27-23(31)14-15-30(16-17(2)3)25-20-11-7-9-13-22(20)28-24(29-25)19-10-6-8-12-21(19)26/h6-13,17-18H,5,14-16H2,1-4H3,(H,27,31)/t18-/m1/s1. The molecule has 1 atom stereocenters. The number of hydrogen-bond donors (Lipinski definition) is 1. The largest absolute Gasteiger partial charge is 0.355 e. The number of rotatable bonds is 9. The number of amides is 1. The molecule has 6 heteroatoms. The van der Waals surface area contributed by atoms with Crippen molar-refractivity contribution in [3.8, 4) is 11.4 Å². The Morgan fingerprint density at radius 2 is 1.77 bits per heavy atom. The van der Waals surface area contributed by atoms with Crippen LogP contribution in [0.4, 0.5) is 5.82 Å². The molecule has 3 aromatic rings. The van der Waals surface area contributed by atoms with Crippen molar-refractivity contribution in [1.29, 1.82) is 0 Å². The number of nitrogens with one attached hydrogen (secondary N) is 1. The first-order valence-corrected chi connectivity index (χ1v) is 11.3. The lowest BCUT2D eigenvalue weighted by Gasteiger charge is -2.27. The molecule has 1 heterocycles. The van der Waals surface area contributed by atoms with Crippen LogP contribution in [0.15, 0.2) is 48.5 Å². The van der Waals surface area contributed by atoms with Gasteiger partial charge in [-0.1, -0.05) is 56.6 Å². The van der Waals surface area contributed by atoms with E-state index in [9.17, 15) is 4.79 Å². The number of para-hydroxylation sites is 1. The molecular formula is C25H31ClN4O. The van der Waals surface area contributed by atoms with Crippen LogP contribution in [-0.2, 0) is 4.79 Å². The first-order valence-electron chi connectivity index (χ1n) is 10.9. The Balaban J connectivity index is 2.01. The molecule has 0 radical (unpaired) electrons. The van der Waals surface area contributed by atoms with Crippen molar-refractivity contribution in [2.24, 2.45) is 5.92 Å². The van der Waals surface area contributed by atoms with Crippen LogP contribution in [0, 0.1) is 5.92 Å². The van der Waals surface area contributed by atoms with Gasteiger partial charge in [-0.05, 0) is 43.5 Å². The summed E-state index contributed by atoms with van der Waals surface area (Å²) in [6.45, 7) is 9.81. The quantitative estimate of drug-likeness (QED) is 0.464. The topological polar surface area (TPSA) is 58.1 Å². The highest BCUT2D eigenvalue weighted by atomic mass is 35.5. The molecule has 3 rings (SSSR count). The Hall–Kier alpha value is -2.66. The molecular weight excluding hydrogens is 408 g/mol. The summed E-state index contributed by atoms with van der Waals surface area (Å²) in [6.07, 6.45) is 1.33. The second kappa shape index (κ2) is 10.6. The van der Waals surface area contributed by atoms with E-state index in [1.165, 1.54) is 0 Å². The predicted molar refractivity (Wildman–Crippen MR) is 130 cm³/mol. The Bertz CT molecular complexity index is 1040. The first-order chi connectivity index (χ1) is 14.9. The van der Waals surface area contributed by atoms with Crippen molar-refractivity contribution in [2.45, 2.75) is 46.6 Å². The smallest absolute Gasteiger partial charge is 0.221 e. The highest BCUT2D eigenvalue weighted by Gasteiger charge is 2.19. The molecule has 0 bridgehead atoms. The average Bonchev–Trinajstić information content (AvgIpc) is 2.76. The third kappa shape index (κ3) is 5.95. The summed E-state index contributed by atoms with van der Waals surface area (Å²) in [5.74, 6) is 1.91. The third-order valence-corrected chi connectivity index (χ3v) is 5.54. The minimum atomic E-state index is 0.0628. The molecule has 0 fully saturated rings. The van der Waals surface area contributed by atoms with E-state index in [0.717, 1.165) is 35.2 Å². The van der Waals surface area contributed by atoms with Gasteiger partial charge in [-0.3, -0.25) is 4.79 Å². The summed E-state index contributed by atoms with van der Waals surface area (Å²) in [5.41, 5.74) is 1.66. The lowest BCUT2D eigenvalue weighted by atomic mass is 10.1. The fourth-order valence-corrected chi connectivity index (χ4v) is 3.69. The van der Waals surface area contributed by atoms with E-state index in [4.69, 9.17) is 21.6 Å². The molecule has 0 aliphatic rings. The Morgan fingerprint density at radius 3 is 2.48 bits per heavy atom. The molecule has 1 amide bonds. The van der Waals surface area contributed by atoms with Gasteiger partial charge < -0.3 is 10.2 Å². The Morgan fingerprint density at radius 1 is 1.06 bits per heavy atom. The van der Waals surface area contributed by atoms with Gasteiger partial charge in [0.15, 0.2) is 5.82 Å². The van der Waals surface area contributed by atoms with Crippen molar-refractivity contribution in [3.63, 3.8) is 0 Å². The fourth-order valence-electron chi connectivity index (χ4n) is 3.47. The zero-order chi connectivity index (χ0) is 22.4. The summed E-state index contributed by atoms with van der Waals surface area (Å²) in [5, 5.41) is 4.65. The minimum Gasteiger partial charge on any atom is -0.355 e. The van der Waals surface area contributed by atoms with Crippen LogP contribution in [0.25, 0.3) is 22.3 Å². The molecule has 5 nitrogen and oxygen atoms in total. The van der Waals surface area contributed by atoms with Crippen LogP contribution < -0.4 is 10.2 Å². The van der Waals surface area contributed by atoms with Crippen molar-refractivity contribution >= 4 is 34.2 Å². The molecule has 0 saturated carbocycles. The molecule has 31 heavy (non-hydrogen) atoms. The number of anilines is 1. The van der Waals surface area contributed by atoms with E-state index in [-0.39, 0.29) is 11.9 Å². The average molecular weight is 439 g/mol. The summed E-state index contributed by atoms with van der Waals surface area (Å²) in [4.78, 5) is 24.4. The monoisotopic (exact) mass is 438 g/mol. The number of aromatic nitrogens is 2. The minimum absolute atomic E-state index is 0.0628. The lowest BCUT2D eigenvalue weighted by Crippen LogP contribution is -2.36. The highest BCUT2D eigenvalue weighted by Crippen LogP contribution is 2.31. The number of carbonyl (C=O) groups is 1. The van der Waals surface area contributed by atoms with E-state index in [1.54, 1.807) is 0 Å². The Kier molecular flexibility index (Phi) is 7.85. The maximum atomic E-state index is 12.4. The van der Waals surface area contributed by atoms with E-state index >= 15 is 0 Å². The van der Waals surface area contributed by atoms with Crippen molar-refractivity contribution in [1.82, 2.24) is 15.3 Å². The SMILES string of the molecule is CC[C@@H](C)NC(=O)CCN(CC(C)C)c1nc(-c2ccccc2Cl)nc2ccccc12. The number of halogens is 1. The maximum absolute atomic E-state index is 12.4. The van der Waals surface area contributed by atoms with Crippen LogP contribution in [0.2, 0.25) is 5.02 Å². The molecule has 0 aliphatic heterocycles. The van der Waals surface area contributed by atoms with E-state index in [0.29, 0.717) is 29.7 Å². The van der Waals surface area contributed by atoms with Crippen LogP contribution in [-0.4, -0.2) is 35.0 Å². The number of hydrogen-bond acceptors (Lipinski definition) is 4. The van der Waals surface area contributed by atoms with Crippen molar-refractivity contribution < 1.29 is 4.79 Å². The zero-order valence-electron chi connectivity index (χ0n) is 18.7. The van der Waals surface area contributed by atoms with Gasteiger partial charge in [0.25, 0.3) is 0 Å². The first kappa shape index (κ1) is 23.0. The number of nitrogens with zero attached hydrogens (tertiary/aromatic N) is 3. The summed E-state index contributed by atoms with van der Waals surface area (Å²) in [6, 6.07) is 15.8. The zero-order valence-corrected chi connectivity index (χ0v) is 19.5. The number of carbonyl (C=O) groups excluding carboxylic acids is 1. The third-order valence-electron chi connectivity index (χ3n) is 5.21. The molecule has 0 spiro atoms. The van der Waals surface area contributed by atoms with Gasteiger partial charge in [-0.25, -0.2) is 9.97 Å². The van der Waals surface area contributed by atoms with Gasteiger partial charge in [-0.15, -0.1) is 0 Å². The molecule has 2 aromatic carbocycles. The van der Waals surface area contributed by atoms with Gasteiger partial charge >= 0.3 is 0 Å². The van der Waals surface area contributed by atoms with Crippen LogP contribution in [0.1, 0.15) is 40.5 Å². The molecule has 1 N–H and O–H groups in total. The van der Waals surface area contributed by atoms with E-state index in [1.807, 2.05) is 55.5 Å². The maximum Gasteiger partial charge on any atom is 0.221 e. The normalized spacial score (nSPS) is 12.2. The van der Waals surface area contributed by atoms with Gasteiger partial charge in [0.05, 0.1) is 10.5 Å². The van der Waals surface area contributed by atoms with Crippen LogP contribution in [0.3, 0.4) is 0 Å². The fraction of sp³-hybridized carbons (Fsp3) is 0.400. The van der Waals surface area contributed by atoms with Gasteiger partial charge in [0, 0.05) is 36.5 Å². The van der Waals surface area contributed by atoms with E-state index in [2.05, 4.69) is 31.0 Å². The summed E-state index contributed by atoms with van der Waals surface area (Å²) >= 11 is 6.44. The highest BCUT2D eigenvalue weighted by molar-refractivity contribution is 6.33. The van der Waals surface area contributed by atoms with Crippen LogP contribution >= 0.6 is 11.6 Å². The summed E-state index contributed by atoms with van der Waals surface area (Å²) < 4.78 is 0. The number of fused-ring (bicyclic) bond motifs is 1. The summed E-state index contributed by atoms with van der Waals surface area (Å²) in [7, 11) is 0. The van der Waals surface area contributed by atoms with E-state index < -0.39 is 0 Å². The van der Waals surface area contributed by atoms with Crippen molar-refractivity contribution in [2.75, 3.05) is 18.0 Å². The van der Waals surface area contributed by atoms with Gasteiger partial charge in [0.2, 0.25) is 5.91 Å². The van der Waals surface area contributed by atoms with Crippen LogP contribution in [0.5, 0.6) is 0 Å². The molecule has 1 aromatic heterocycles. The second-order valence-corrected chi connectivity index (χ2v) is 8.74. The Labute approximate surface area is 189 Å².